The van der Waals surface area contributed by atoms with E-state index in [0.717, 1.165) is 0 Å². The number of hydrogen-bond acceptors (Lipinski definition) is 6. The molecule has 3 N–H and O–H groups in total. The molecular weight excluding hydrogens is 290 g/mol. The molecule has 2 atom stereocenters. The van der Waals surface area contributed by atoms with E-state index in [4.69, 9.17) is 15.7 Å². The number of esters is 1. The predicted octanol–water partition coefficient (Wildman–Crippen LogP) is 1.05. The Morgan fingerprint density at radius 1 is 1.48 bits per heavy atom. The average molecular weight is 315 g/mol. The van der Waals surface area contributed by atoms with Crippen molar-refractivity contribution in [1.29, 1.82) is 5.26 Å². The summed E-state index contributed by atoms with van der Waals surface area (Å²) in [5.41, 5.74) is 4.79. The molecular formula is C14H25N3O3S. The van der Waals surface area contributed by atoms with Gasteiger partial charge in [0.05, 0.1) is 18.4 Å². The predicted molar refractivity (Wildman–Crippen MR) is 83.5 cm³/mol. The Labute approximate surface area is 130 Å². The van der Waals surface area contributed by atoms with Crippen LogP contribution in [0.3, 0.4) is 0 Å². The molecule has 6 nitrogen and oxygen atoms in total. The van der Waals surface area contributed by atoms with Gasteiger partial charge in [0.15, 0.2) is 0 Å². The Morgan fingerprint density at radius 2 is 2.10 bits per heavy atom. The maximum absolute atomic E-state index is 11.8. The summed E-state index contributed by atoms with van der Waals surface area (Å²) in [5.74, 6) is 0.230. The third-order valence-electron chi connectivity index (χ3n) is 3.18. The number of nitrogens with one attached hydrogen (secondary N) is 1. The Balaban J connectivity index is 4.01. The minimum Gasteiger partial charge on any atom is -0.465 e. The molecule has 0 aliphatic carbocycles. The molecule has 7 heteroatoms. The van der Waals surface area contributed by atoms with Gasteiger partial charge in [-0.05, 0) is 31.9 Å². The zero-order valence-corrected chi connectivity index (χ0v) is 14.0. The van der Waals surface area contributed by atoms with Crippen molar-refractivity contribution in [3.63, 3.8) is 0 Å². The van der Waals surface area contributed by atoms with Crippen LogP contribution in [0.1, 0.15) is 34.1 Å². The maximum atomic E-state index is 11.8. The van der Waals surface area contributed by atoms with Crippen LogP contribution in [0.5, 0.6) is 0 Å². The highest BCUT2D eigenvalue weighted by atomic mass is 32.2. The van der Waals surface area contributed by atoms with Gasteiger partial charge in [-0.3, -0.25) is 9.59 Å². The van der Waals surface area contributed by atoms with E-state index in [-0.39, 0.29) is 17.6 Å². The molecule has 0 rings (SSSR count). The van der Waals surface area contributed by atoms with Crippen molar-refractivity contribution < 1.29 is 14.3 Å². The van der Waals surface area contributed by atoms with E-state index in [1.807, 2.05) is 13.8 Å². The fraction of sp³-hybridized carbons (Fsp3) is 0.786. The number of nitrogens with zero attached hydrogens (tertiary/aromatic N) is 1. The van der Waals surface area contributed by atoms with E-state index < -0.39 is 17.6 Å². The number of ether oxygens (including phenoxy) is 1. The third-order valence-corrected chi connectivity index (χ3v) is 4.17. The largest absolute Gasteiger partial charge is 0.465 e. The summed E-state index contributed by atoms with van der Waals surface area (Å²) in [6.45, 7) is 7.51. The maximum Gasteiger partial charge on any atom is 0.322 e. The van der Waals surface area contributed by atoms with E-state index in [1.54, 1.807) is 13.8 Å². The van der Waals surface area contributed by atoms with Crippen LogP contribution in [0.4, 0.5) is 0 Å². The van der Waals surface area contributed by atoms with Crippen LogP contribution >= 0.6 is 11.8 Å². The quantitative estimate of drug-likeness (QED) is 0.487. The molecule has 0 radical (unpaired) electrons. The highest BCUT2D eigenvalue weighted by Crippen LogP contribution is 2.15. The number of amides is 1. The van der Waals surface area contributed by atoms with Gasteiger partial charge in [-0.25, -0.2) is 0 Å². The Kier molecular flexibility index (Phi) is 9.06. The van der Waals surface area contributed by atoms with Crippen molar-refractivity contribution in [3.05, 3.63) is 0 Å². The number of rotatable bonds is 9. The fourth-order valence-corrected chi connectivity index (χ4v) is 2.19. The van der Waals surface area contributed by atoms with Crippen LogP contribution < -0.4 is 11.1 Å². The molecule has 0 saturated heterocycles. The molecule has 0 aliphatic rings. The van der Waals surface area contributed by atoms with Gasteiger partial charge in [-0.15, -0.1) is 0 Å². The molecule has 0 aromatic rings. The zero-order chi connectivity index (χ0) is 16.5. The van der Waals surface area contributed by atoms with Crippen LogP contribution in [0.25, 0.3) is 0 Å². The minimum absolute atomic E-state index is 0.0219. The lowest BCUT2D eigenvalue weighted by Crippen LogP contribution is -2.49. The van der Waals surface area contributed by atoms with Crippen LogP contribution in [-0.2, 0) is 14.3 Å². The van der Waals surface area contributed by atoms with Crippen LogP contribution in [0, 0.1) is 17.2 Å². The molecule has 0 aromatic carbocycles. The fourth-order valence-electron chi connectivity index (χ4n) is 1.37. The van der Waals surface area contributed by atoms with E-state index in [2.05, 4.69) is 11.4 Å². The molecule has 0 fully saturated rings. The minimum atomic E-state index is -0.862. The van der Waals surface area contributed by atoms with Crippen molar-refractivity contribution in [2.75, 3.05) is 18.1 Å². The molecule has 0 heterocycles. The zero-order valence-electron chi connectivity index (χ0n) is 13.1. The van der Waals surface area contributed by atoms with Gasteiger partial charge in [0, 0.05) is 0 Å². The van der Waals surface area contributed by atoms with Gasteiger partial charge in [0.1, 0.15) is 11.6 Å². The summed E-state index contributed by atoms with van der Waals surface area (Å²) in [7, 11) is 0. The second-order valence-corrected chi connectivity index (χ2v) is 6.32. The first-order valence-corrected chi connectivity index (χ1v) is 8.14. The molecule has 0 bridgehead atoms. The highest BCUT2D eigenvalue weighted by Gasteiger charge is 2.29. The molecule has 2 unspecified atom stereocenters. The summed E-state index contributed by atoms with van der Waals surface area (Å²) in [5, 5.41) is 11.9. The van der Waals surface area contributed by atoms with Gasteiger partial charge in [-0.2, -0.15) is 17.0 Å². The highest BCUT2D eigenvalue weighted by molar-refractivity contribution is 7.99. The number of hydrogen-bond donors (Lipinski definition) is 2. The average Bonchev–Trinajstić information content (AvgIpc) is 2.43. The summed E-state index contributed by atoms with van der Waals surface area (Å²) in [6, 6.07) is 1.47. The van der Waals surface area contributed by atoms with E-state index in [0.29, 0.717) is 18.8 Å². The number of nitrogens with two attached hydrogens (primary N) is 1. The van der Waals surface area contributed by atoms with Crippen molar-refractivity contribution in [2.24, 2.45) is 11.7 Å². The summed E-state index contributed by atoms with van der Waals surface area (Å²) in [4.78, 5) is 23.1. The lowest BCUT2D eigenvalue weighted by atomic mass is 9.90. The second kappa shape index (κ2) is 9.64. The van der Waals surface area contributed by atoms with E-state index >= 15 is 0 Å². The second-order valence-electron chi connectivity index (χ2n) is 5.22. The van der Waals surface area contributed by atoms with Crippen LogP contribution in [0.2, 0.25) is 0 Å². The Bertz CT molecular complexity index is 395. The summed E-state index contributed by atoms with van der Waals surface area (Å²) < 4.78 is 4.80. The van der Waals surface area contributed by atoms with Crippen LogP contribution in [0.15, 0.2) is 0 Å². The first kappa shape index (κ1) is 19.7. The van der Waals surface area contributed by atoms with Gasteiger partial charge in [-0.1, -0.05) is 13.8 Å². The van der Waals surface area contributed by atoms with Crippen molar-refractivity contribution in [1.82, 2.24) is 5.32 Å². The lowest BCUT2D eigenvalue weighted by Gasteiger charge is -2.27. The van der Waals surface area contributed by atoms with E-state index in [1.165, 1.54) is 11.8 Å². The van der Waals surface area contributed by atoms with Crippen LogP contribution in [-0.4, -0.2) is 41.6 Å². The van der Waals surface area contributed by atoms with Crippen molar-refractivity contribution in [2.45, 2.75) is 45.7 Å². The molecule has 0 aromatic heterocycles. The number of carbonyl (C=O) groups excluding carboxylic acids is 2. The van der Waals surface area contributed by atoms with Gasteiger partial charge in [0.25, 0.3) is 0 Å². The third kappa shape index (κ3) is 7.34. The normalized spacial score (nSPS) is 14.9. The number of thioether (sulfide) groups is 1. The molecule has 21 heavy (non-hydrogen) atoms. The first-order chi connectivity index (χ1) is 9.76. The number of nitriles is 1. The lowest BCUT2D eigenvalue weighted by molar-refractivity contribution is -0.144. The van der Waals surface area contributed by atoms with Gasteiger partial charge >= 0.3 is 5.97 Å². The number of carbonyl (C=O) groups is 2. The van der Waals surface area contributed by atoms with Crippen molar-refractivity contribution >= 4 is 23.6 Å². The summed E-state index contributed by atoms with van der Waals surface area (Å²) in [6.07, 6.45) is 0.455. The molecule has 0 saturated carbocycles. The standard InChI is InChI=1S/C14H25N3O3S/c1-5-20-13(19)11(16)6-7-21-8-12(18)17-14(4,9-15)10(2)3/h10-11H,5-8,16H2,1-4H3,(H,17,18). The summed E-state index contributed by atoms with van der Waals surface area (Å²) >= 11 is 1.38. The topological polar surface area (TPSA) is 105 Å². The van der Waals surface area contributed by atoms with Crippen molar-refractivity contribution in [3.8, 4) is 6.07 Å². The van der Waals surface area contributed by atoms with E-state index in [9.17, 15) is 9.59 Å². The SMILES string of the molecule is CCOC(=O)C(N)CCSCC(=O)NC(C)(C#N)C(C)C. The van der Waals surface area contributed by atoms with Gasteiger partial charge < -0.3 is 15.8 Å². The molecule has 1 amide bonds. The van der Waals surface area contributed by atoms with Gasteiger partial charge in [0.2, 0.25) is 5.91 Å². The monoisotopic (exact) mass is 315 g/mol. The molecule has 120 valence electrons. The molecule has 0 aliphatic heterocycles. The Hall–Kier alpha value is -1.26. The Morgan fingerprint density at radius 3 is 2.57 bits per heavy atom. The molecule has 0 spiro atoms. The first-order valence-electron chi connectivity index (χ1n) is 6.99. The smallest absolute Gasteiger partial charge is 0.322 e.